The van der Waals surface area contributed by atoms with Gasteiger partial charge in [-0.3, -0.25) is 0 Å². The van der Waals surface area contributed by atoms with Gasteiger partial charge in [-0.25, -0.2) is 13.8 Å². The van der Waals surface area contributed by atoms with Crippen LogP contribution >= 0.6 is 15.9 Å². The molecule has 0 saturated heterocycles. The van der Waals surface area contributed by atoms with Gasteiger partial charge in [0.25, 0.3) is 5.88 Å². The average molecular weight is 325 g/mol. The highest BCUT2D eigenvalue weighted by atomic mass is 79.9. The zero-order valence-electron chi connectivity index (χ0n) is 9.53. The van der Waals surface area contributed by atoms with Crippen LogP contribution in [0.5, 0.6) is 5.88 Å². The fraction of sp³-hybridized carbons (Fsp3) is 0.0769. The Labute approximate surface area is 116 Å². The van der Waals surface area contributed by atoms with E-state index in [2.05, 4.69) is 20.9 Å². The number of halogens is 3. The summed E-state index contributed by atoms with van der Waals surface area (Å²) < 4.78 is 32.6. The predicted octanol–water partition coefficient (Wildman–Crippen LogP) is 3.57. The first-order valence-electron chi connectivity index (χ1n) is 5.22. The molecule has 2 aromatic rings. The van der Waals surface area contributed by atoms with Gasteiger partial charge in [0, 0.05) is 16.2 Å². The summed E-state index contributed by atoms with van der Waals surface area (Å²) in [4.78, 5) is 3.74. The number of hydrogen-bond acceptors (Lipinski definition) is 3. The third-order valence-corrected chi connectivity index (χ3v) is 2.75. The van der Waals surface area contributed by atoms with Crippen molar-refractivity contribution in [2.45, 2.75) is 6.61 Å². The number of benzene rings is 1. The molecule has 0 aliphatic rings. The maximum atomic E-state index is 13.6. The Morgan fingerprint density at radius 1 is 1.26 bits per heavy atom. The summed E-state index contributed by atoms with van der Waals surface area (Å²) in [7, 11) is 0. The Hall–Kier alpha value is -2.00. The number of pyridine rings is 1. The van der Waals surface area contributed by atoms with Crippen molar-refractivity contribution in [2.75, 3.05) is 0 Å². The maximum absolute atomic E-state index is 13.6. The van der Waals surface area contributed by atoms with Gasteiger partial charge in [-0.15, -0.1) is 0 Å². The van der Waals surface area contributed by atoms with Gasteiger partial charge in [-0.05, 0) is 34.1 Å². The maximum Gasteiger partial charge on any atom is 0.250 e. The highest BCUT2D eigenvalue weighted by Gasteiger charge is 2.09. The van der Waals surface area contributed by atoms with Crippen LogP contribution in [0, 0.1) is 23.0 Å². The second-order valence-electron chi connectivity index (χ2n) is 3.65. The molecule has 6 heteroatoms. The lowest BCUT2D eigenvalue weighted by Crippen LogP contribution is -2.02. The van der Waals surface area contributed by atoms with Crippen molar-refractivity contribution in [3.8, 4) is 11.9 Å². The van der Waals surface area contributed by atoms with Crippen molar-refractivity contribution in [1.29, 1.82) is 5.26 Å². The van der Waals surface area contributed by atoms with Crippen molar-refractivity contribution < 1.29 is 13.5 Å². The standard InChI is InChI=1S/C13H7BrF2N2O/c14-10-4-12(16)13(18-6-10)19-7-9-2-1-8(5-17)3-11(9)15/h1-4,6H,7H2. The summed E-state index contributed by atoms with van der Waals surface area (Å²) in [5.41, 5.74) is 0.442. The minimum Gasteiger partial charge on any atom is -0.471 e. The number of rotatable bonds is 3. The quantitative estimate of drug-likeness (QED) is 0.867. The van der Waals surface area contributed by atoms with Crippen molar-refractivity contribution in [3.63, 3.8) is 0 Å². The molecule has 0 bridgehead atoms. The van der Waals surface area contributed by atoms with Crippen LogP contribution in [0.25, 0.3) is 0 Å². The molecule has 0 unspecified atom stereocenters. The summed E-state index contributed by atoms with van der Waals surface area (Å²) in [5, 5.41) is 8.61. The summed E-state index contributed by atoms with van der Waals surface area (Å²) in [5.74, 6) is -1.41. The van der Waals surface area contributed by atoms with E-state index in [1.165, 1.54) is 24.4 Å². The van der Waals surface area contributed by atoms with Gasteiger partial charge in [0.15, 0.2) is 5.82 Å². The Balaban J connectivity index is 2.13. The second-order valence-corrected chi connectivity index (χ2v) is 4.56. The summed E-state index contributed by atoms with van der Waals surface area (Å²) in [6, 6.07) is 7.02. The second kappa shape index (κ2) is 5.76. The molecule has 0 saturated carbocycles. The molecule has 0 atom stereocenters. The van der Waals surface area contributed by atoms with Gasteiger partial charge >= 0.3 is 0 Å². The minimum atomic E-state index is -0.636. The van der Waals surface area contributed by atoms with E-state index in [0.29, 0.717) is 4.47 Å². The van der Waals surface area contributed by atoms with Crippen LogP contribution in [-0.2, 0) is 6.61 Å². The molecule has 2 rings (SSSR count). The third kappa shape index (κ3) is 3.26. The normalized spacial score (nSPS) is 10.0. The predicted molar refractivity (Wildman–Crippen MR) is 67.3 cm³/mol. The van der Waals surface area contributed by atoms with E-state index in [0.717, 1.165) is 6.07 Å². The van der Waals surface area contributed by atoms with Crippen molar-refractivity contribution in [2.24, 2.45) is 0 Å². The average Bonchev–Trinajstić information content (AvgIpc) is 2.39. The number of aromatic nitrogens is 1. The first-order chi connectivity index (χ1) is 9.10. The van der Waals surface area contributed by atoms with E-state index < -0.39 is 11.6 Å². The van der Waals surface area contributed by atoms with Gasteiger partial charge in [0.2, 0.25) is 0 Å². The Morgan fingerprint density at radius 3 is 2.68 bits per heavy atom. The number of ether oxygens (including phenoxy) is 1. The molecule has 0 spiro atoms. The molecular formula is C13H7BrF2N2O. The number of nitrogens with zero attached hydrogens (tertiary/aromatic N) is 2. The van der Waals surface area contributed by atoms with Crippen LogP contribution < -0.4 is 4.74 Å². The molecule has 1 aromatic carbocycles. The van der Waals surface area contributed by atoms with Crippen LogP contribution in [0.3, 0.4) is 0 Å². The molecule has 0 aliphatic heterocycles. The first-order valence-corrected chi connectivity index (χ1v) is 6.02. The lowest BCUT2D eigenvalue weighted by Gasteiger charge is -2.07. The largest absolute Gasteiger partial charge is 0.471 e. The smallest absolute Gasteiger partial charge is 0.250 e. The van der Waals surface area contributed by atoms with Crippen LogP contribution in [0.1, 0.15) is 11.1 Å². The van der Waals surface area contributed by atoms with E-state index in [-0.39, 0.29) is 23.6 Å². The van der Waals surface area contributed by atoms with Gasteiger partial charge in [0.05, 0.1) is 11.6 Å². The SMILES string of the molecule is N#Cc1ccc(COc2ncc(Br)cc2F)c(F)c1. The highest BCUT2D eigenvalue weighted by Crippen LogP contribution is 2.20. The van der Waals surface area contributed by atoms with Crippen LogP contribution in [-0.4, -0.2) is 4.98 Å². The van der Waals surface area contributed by atoms with Gasteiger partial charge in [-0.1, -0.05) is 6.07 Å². The van der Waals surface area contributed by atoms with Crippen molar-refractivity contribution in [3.05, 3.63) is 57.7 Å². The van der Waals surface area contributed by atoms with Crippen LogP contribution in [0.15, 0.2) is 34.9 Å². The molecule has 3 nitrogen and oxygen atoms in total. The monoisotopic (exact) mass is 324 g/mol. The van der Waals surface area contributed by atoms with E-state index in [9.17, 15) is 8.78 Å². The van der Waals surface area contributed by atoms with E-state index in [1.54, 1.807) is 0 Å². The zero-order valence-corrected chi connectivity index (χ0v) is 11.1. The van der Waals surface area contributed by atoms with E-state index in [4.69, 9.17) is 10.00 Å². The molecule has 0 aliphatic carbocycles. The highest BCUT2D eigenvalue weighted by molar-refractivity contribution is 9.10. The molecule has 0 fully saturated rings. The molecule has 0 amide bonds. The summed E-state index contributed by atoms with van der Waals surface area (Å²) in [6.07, 6.45) is 1.38. The fourth-order valence-corrected chi connectivity index (χ4v) is 1.69. The summed E-state index contributed by atoms with van der Waals surface area (Å²) in [6.45, 7) is -0.164. The van der Waals surface area contributed by atoms with Gasteiger partial charge in [0.1, 0.15) is 12.4 Å². The van der Waals surface area contributed by atoms with Crippen LogP contribution in [0.2, 0.25) is 0 Å². The Kier molecular flexibility index (Phi) is 4.07. The third-order valence-electron chi connectivity index (χ3n) is 2.32. The Morgan fingerprint density at radius 2 is 2.05 bits per heavy atom. The fourth-order valence-electron chi connectivity index (χ4n) is 1.39. The van der Waals surface area contributed by atoms with E-state index in [1.807, 2.05) is 6.07 Å². The lowest BCUT2D eigenvalue weighted by atomic mass is 10.1. The number of nitriles is 1. The van der Waals surface area contributed by atoms with Crippen molar-refractivity contribution >= 4 is 15.9 Å². The number of hydrogen-bond donors (Lipinski definition) is 0. The molecule has 1 aromatic heterocycles. The lowest BCUT2D eigenvalue weighted by molar-refractivity contribution is 0.272. The van der Waals surface area contributed by atoms with Crippen LogP contribution in [0.4, 0.5) is 8.78 Å². The molecule has 19 heavy (non-hydrogen) atoms. The Bertz CT molecular complexity index is 656. The van der Waals surface area contributed by atoms with Gasteiger partial charge < -0.3 is 4.74 Å². The zero-order chi connectivity index (χ0) is 13.8. The summed E-state index contributed by atoms with van der Waals surface area (Å²) >= 11 is 3.07. The van der Waals surface area contributed by atoms with E-state index >= 15 is 0 Å². The molecule has 96 valence electrons. The molecule has 0 radical (unpaired) electrons. The van der Waals surface area contributed by atoms with Gasteiger partial charge in [-0.2, -0.15) is 5.26 Å². The van der Waals surface area contributed by atoms with Crippen molar-refractivity contribution in [1.82, 2.24) is 4.98 Å². The first kappa shape index (κ1) is 13.4. The minimum absolute atomic E-state index is 0.164. The molecule has 0 N–H and O–H groups in total. The molecule has 1 heterocycles. The topological polar surface area (TPSA) is 45.9 Å². The molecular weight excluding hydrogens is 318 g/mol.